The van der Waals surface area contributed by atoms with Crippen LogP contribution in [0.4, 0.5) is 0 Å². The third kappa shape index (κ3) is 2.85. The largest absolute Gasteiger partial charge is 0.396 e. The monoisotopic (exact) mass is 458 g/mol. The minimum absolute atomic E-state index is 0.0716. The maximum atomic E-state index is 12.7. The number of Topliss-reactive ketones (excluding diaryl/α,β-unsaturated/α-hetero) is 1. The highest BCUT2D eigenvalue weighted by molar-refractivity contribution is 5.82. The first-order chi connectivity index (χ1) is 15.2. The average Bonchev–Trinajstić information content (AvgIpc) is 2.73. The van der Waals surface area contributed by atoms with Gasteiger partial charge in [0.25, 0.3) is 0 Å². The van der Waals surface area contributed by atoms with Crippen LogP contribution in [0.15, 0.2) is 0 Å². The number of carbonyl (C=O) groups excluding carboxylic acids is 1. The lowest BCUT2D eigenvalue weighted by molar-refractivity contribution is -0.289. The normalized spacial score (nSPS) is 58.0. The topological polar surface area (TPSA) is 57.5 Å². The Morgan fingerprint density at radius 3 is 2.15 bits per heavy atom. The minimum Gasteiger partial charge on any atom is -0.396 e. The van der Waals surface area contributed by atoms with Crippen molar-refractivity contribution in [2.45, 2.75) is 119 Å². The molecule has 0 amide bonds. The quantitative estimate of drug-likeness (QED) is 0.478. The molecule has 33 heavy (non-hydrogen) atoms. The highest BCUT2D eigenvalue weighted by Gasteiger charge is 2.73. The molecule has 0 aliphatic heterocycles. The van der Waals surface area contributed by atoms with Gasteiger partial charge in [-0.15, -0.1) is 0 Å². The molecular formula is C30H50O3. The number of aliphatic hydroxyl groups excluding tert-OH is 2. The number of carbonyl (C=O) groups is 1. The summed E-state index contributed by atoms with van der Waals surface area (Å²) in [5.41, 5.74) is 0.518. The van der Waals surface area contributed by atoms with E-state index >= 15 is 0 Å². The molecule has 5 rings (SSSR count). The van der Waals surface area contributed by atoms with Crippen LogP contribution >= 0.6 is 0 Å². The molecule has 0 bridgehead atoms. The van der Waals surface area contributed by atoms with Crippen molar-refractivity contribution in [3.8, 4) is 0 Å². The van der Waals surface area contributed by atoms with Gasteiger partial charge in [0.15, 0.2) is 0 Å². The first-order valence-electron chi connectivity index (χ1n) is 14.0. The van der Waals surface area contributed by atoms with E-state index in [1.54, 1.807) is 0 Å². The number of fused-ring (bicyclic) bond motifs is 7. The number of aliphatic hydroxyl groups is 2. The van der Waals surface area contributed by atoms with Gasteiger partial charge < -0.3 is 10.2 Å². The second-order valence-corrected chi connectivity index (χ2v) is 15.2. The first-order valence-corrected chi connectivity index (χ1v) is 14.0. The van der Waals surface area contributed by atoms with Gasteiger partial charge >= 0.3 is 0 Å². The molecule has 0 aromatic heterocycles. The molecule has 5 saturated carbocycles. The summed E-state index contributed by atoms with van der Waals surface area (Å²) in [7, 11) is 0. The molecule has 0 unspecified atom stereocenters. The molecule has 0 saturated heterocycles. The van der Waals surface area contributed by atoms with Crippen molar-refractivity contribution < 1.29 is 15.0 Å². The number of ketones is 1. The zero-order valence-electron chi connectivity index (χ0n) is 22.5. The van der Waals surface area contributed by atoms with E-state index < -0.39 is 6.10 Å². The van der Waals surface area contributed by atoms with Crippen LogP contribution in [0.5, 0.6) is 0 Å². The SMILES string of the molecule is C[C@H]1C(=O)CC[C@@H]2[C@]3(C)CC[C@@]4(C)[C@@H]5CC(C)(C)CC[C@]5(CO)[C@H](O)C[C@]4(C)[C@@H]3CC[C@@]21C. The van der Waals surface area contributed by atoms with Crippen molar-refractivity contribution in [1.29, 1.82) is 0 Å². The molecule has 0 radical (unpaired) electrons. The van der Waals surface area contributed by atoms with E-state index in [4.69, 9.17) is 0 Å². The zero-order chi connectivity index (χ0) is 24.2. The molecule has 10 atom stereocenters. The average molecular weight is 459 g/mol. The highest BCUT2D eigenvalue weighted by atomic mass is 16.3. The lowest BCUT2D eigenvalue weighted by Gasteiger charge is -2.75. The first kappa shape index (κ1) is 24.3. The lowest BCUT2D eigenvalue weighted by Crippen LogP contribution is -2.71. The summed E-state index contributed by atoms with van der Waals surface area (Å²) >= 11 is 0. The van der Waals surface area contributed by atoms with Crippen LogP contribution in [0.2, 0.25) is 0 Å². The van der Waals surface area contributed by atoms with Crippen LogP contribution in [0.3, 0.4) is 0 Å². The van der Waals surface area contributed by atoms with Gasteiger partial charge in [-0.1, -0.05) is 48.5 Å². The summed E-state index contributed by atoms with van der Waals surface area (Å²) in [6, 6.07) is 0. The van der Waals surface area contributed by atoms with Crippen molar-refractivity contribution in [3.05, 3.63) is 0 Å². The Kier molecular flexibility index (Phi) is 5.22. The maximum Gasteiger partial charge on any atom is 0.136 e. The van der Waals surface area contributed by atoms with Gasteiger partial charge in [0.1, 0.15) is 5.78 Å². The van der Waals surface area contributed by atoms with E-state index in [-0.39, 0.29) is 45.0 Å². The summed E-state index contributed by atoms with van der Waals surface area (Å²) in [5, 5.41) is 22.5. The lowest BCUT2D eigenvalue weighted by atomic mass is 9.29. The smallest absolute Gasteiger partial charge is 0.136 e. The molecule has 3 heteroatoms. The van der Waals surface area contributed by atoms with E-state index in [1.807, 2.05) is 0 Å². The molecule has 2 N–H and O–H groups in total. The maximum absolute atomic E-state index is 12.7. The van der Waals surface area contributed by atoms with Gasteiger partial charge in [0.2, 0.25) is 0 Å². The summed E-state index contributed by atoms with van der Waals surface area (Å²) < 4.78 is 0. The Balaban J connectivity index is 1.58. The highest BCUT2D eigenvalue weighted by Crippen LogP contribution is 2.78. The molecular weight excluding hydrogens is 408 g/mol. The van der Waals surface area contributed by atoms with Gasteiger partial charge in [-0.25, -0.2) is 0 Å². The van der Waals surface area contributed by atoms with E-state index in [0.717, 1.165) is 44.9 Å². The second kappa shape index (κ2) is 7.09. The molecule has 0 spiro atoms. The van der Waals surface area contributed by atoms with Gasteiger partial charge in [0, 0.05) is 17.8 Å². The summed E-state index contributed by atoms with van der Waals surface area (Å²) in [5.74, 6) is 2.21. The van der Waals surface area contributed by atoms with E-state index in [1.165, 1.54) is 19.3 Å². The van der Waals surface area contributed by atoms with Crippen LogP contribution in [-0.4, -0.2) is 28.7 Å². The van der Waals surface area contributed by atoms with Crippen molar-refractivity contribution in [3.63, 3.8) is 0 Å². The molecule has 0 heterocycles. The van der Waals surface area contributed by atoms with Crippen molar-refractivity contribution in [2.75, 3.05) is 6.61 Å². The van der Waals surface area contributed by atoms with Gasteiger partial charge in [0.05, 0.1) is 12.7 Å². The fourth-order valence-electron chi connectivity index (χ4n) is 11.3. The summed E-state index contributed by atoms with van der Waals surface area (Å²) in [4.78, 5) is 12.7. The number of rotatable bonds is 1. The van der Waals surface area contributed by atoms with Crippen molar-refractivity contribution >= 4 is 5.78 Å². The summed E-state index contributed by atoms with van der Waals surface area (Å²) in [6.07, 6.45) is 10.2. The Hall–Kier alpha value is -0.410. The van der Waals surface area contributed by atoms with Gasteiger partial charge in [-0.2, -0.15) is 0 Å². The third-order valence-corrected chi connectivity index (χ3v) is 13.8. The molecule has 0 aromatic carbocycles. The van der Waals surface area contributed by atoms with Crippen LogP contribution < -0.4 is 0 Å². The number of hydrogen-bond donors (Lipinski definition) is 2. The molecule has 3 nitrogen and oxygen atoms in total. The van der Waals surface area contributed by atoms with Gasteiger partial charge in [-0.05, 0) is 103 Å². The van der Waals surface area contributed by atoms with Crippen molar-refractivity contribution in [2.24, 2.45) is 56.2 Å². The minimum atomic E-state index is -0.413. The molecule has 0 aromatic rings. The summed E-state index contributed by atoms with van der Waals surface area (Å²) in [6.45, 7) is 17.2. The van der Waals surface area contributed by atoms with Crippen LogP contribution in [0.1, 0.15) is 113 Å². The second-order valence-electron chi connectivity index (χ2n) is 15.2. The molecule has 188 valence electrons. The van der Waals surface area contributed by atoms with E-state index in [0.29, 0.717) is 23.5 Å². The molecule has 5 fully saturated rings. The Labute approximate surface area is 202 Å². The Bertz CT molecular complexity index is 834. The van der Waals surface area contributed by atoms with Gasteiger partial charge in [-0.3, -0.25) is 4.79 Å². The zero-order valence-corrected chi connectivity index (χ0v) is 22.5. The third-order valence-electron chi connectivity index (χ3n) is 13.8. The Morgan fingerprint density at radius 2 is 1.48 bits per heavy atom. The van der Waals surface area contributed by atoms with E-state index in [2.05, 4.69) is 48.5 Å². The number of hydrogen-bond acceptors (Lipinski definition) is 3. The predicted molar refractivity (Wildman–Crippen MR) is 133 cm³/mol. The predicted octanol–water partition coefficient (Wildman–Crippen LogP) is 6.40. The Morgan fingerprint density at radius 1 is 0.788 bits per heavy atom. The fraction of sp³-hybridized carbons (Fsp3) is 0.967. The standard InChI is InChI=1S/C30H50O3/c1-19-20(32)8-9-21-26(19,4)11-10-22-27(21,5)13-14-28(6)23-16-25(2,3)12-15-30(23,18-31)24(33)17-29(22,28)7/h19,21-24,31,33H,8-18H2,1-7H3/t19-,21-,22+,23-,24+,26+,27-,28-,29+,30+/m0/s1. The van der Waals surface area contributed by atoms with Crippen molar-refractivity contribution in [1.82, 2.24) is 0 Å². The van der Waals surface area contributed by atoms with E-state index in [9.17, 15) is 15.0 Å². The molecule has 5 aliphatic carbocycles. The van der Waals surface area contributed by atoms with Crippen LogP contribution in [0.25, 0.3) is 0 Å². The van der Waals surface area contributed by atoms with Crippen LogP contribution in [0, 0.1) is 56.2 Å². The molecule has 5 aliphatic rings. The fourth-order valence-corrected chi connectivity index (χ4v) is 11.3. The van der Waals surface area contributed by atoms with Crippen LogP contribution in [-0.2, 0) is 4.79 Å².